The molecule has 0 spiro atoms. The highest BCUT2D eigenvalue weighted by Gasteiger charge is 2.31. The summed E-state index contributed by atoms with van der Waals surface area (Å²) in [6, 6.07) is 4.22. The van der Waals surface area contributed by atoms with Crippen LogP contribution in [-0.4, -0.2) is 49.7 Å². The SMILES string of the molecule is O=C1C=C(Nc2cc(-n3cnnc3)ccc2F)C(=O)N1CCO. The molecule has 8 nitrogen and oxygen atoms in total. The molecular formula is C14H12FN5O3. The van der Waals surface area contributed by atoms with Crippen molar-refractivity contribution >= 4 is 17.5 Å². The van der Waals surface area contributed by atoms with Crippen molar-refractivity contribution in [1.29, 1.82) is 0 Å². The van der Waals surface area contributed by atoms with Crippen LogP contribution in [0.15, 0.2) is 42.6 Å². The fourth-order valence-corrected chi connectivity index (χ4v) is 2.16. The number of β-amino-alcohol motifs (C(OH)–C–C–N with tert-alkyl or cyclic N) is 1. The zero-order valence-electron chi connectivity index (χ0n) is 11.8. The lowest BCUT2D eigenvalue weighted by Gasteiger charge is -2.14. The first-order chi connectivity index (χ1) is 11.1. The molecule has 2 aromatic rings. The number of carbonyl (C=O) groups excluding carboxylic acids is 2. The molecule has 1 aliphatic rings. The molecule has 0 bridgehead atoms. The maximum absolute atomic E-state index is 14.0. The molecule has 1 aromatic carbocycles. The first-order valence-corrected chi connectivity index (χ1v) is 6.70. The molecule has 2 heterocycles. The third kappa shape index (κ3) is 2.81. The number of hydrogen-bond donors (Lipinski definition) is 2. The first kappa shape index (κ1) is 14.9. The summed E-state index contributed by atoms with van der Waals surface area (Å²) in [5.41, 5.74) is 0.571. The summed E-state index contributed by atoms with van der Waals surface area (Å²) < 4.78 is 15.5. The Kier molecular flexibility index (Phi) is 3.85. The second-order valence-corrected chi connectivity index (χ2v) is 4.73. The first-order valence-electron chi connectivity index (χ1n) is 6.70. The largest absolute Gasteiger partial charge is 0.395 e. The number of aromatic nitrogens is 3. The lowest BCUT2D eigenvalue weighted by molar-refractivity contribution is -0.137. The van der Waals surface area contributed by atoms with E-state index in [4.69, 9.17) is 5.11 Å². The van der Waals surface area contributed by atoms with Crippen molar-refractivity contribution < 1.29 is 19.1 Å². The molecule has 0 fully saturated rings. The Hall–Kier alpha value is -3.07. The van der Waals surface area contributed by atoms with E-state index in [9.17, 15) is 14.0 Å². The summed E-state index contributed by atoms with van der Waals surface area (Å²) in [7, 11) is 0. The zero-order chi connectivity index (χ0) is 16.4. The van der Waals surface area contributed by atoms with E-state index in [1.165, 1.54) is 30.9 Å². The predicted molar refractivity (Wildman–Crippen MR) is 76.8 cm³/mol. The van der Waals surface area contributed by atoms with Crippen molar-refractivity contribution in [3.8, 4) is 5.69 Å². The van der Waals surface area contributed by atoms with Crippen molar-refractivity contribution in [2.45, 2.75) is 0 Å². The molecule has 2 N–H and O–H groups in total. The predicted octanol–water partition coefficient (Wildman–Crippen LogP) is 0.0633. The number of carbonyl (C=O) groups is 2. The molecule has 0 radical (unpaired) electrons. The molecule has 1 aliphatic heterocycles. The highest BCUT2D eigenvalue weighted by molar-refractivity contribution is 6.17. The van der Waals surface area contributed by atoms with Crippen molar-refractivity contribution in [2.75, 3.05) is 18.5 Å². The quantitative estimate of drug-likeness (QED) is 0.757. The van der Waals surface area contributed by atoms with Crippen molar-refractivity contribution in [3.05, 3.63) is 48.4 Å². The Bertz CT molecular complexity index is 788. The van der Waals surface area contributed by atoms with Gasteiger partial charge in [-0.15, -0.1) is 10.2 Å². The summed E-state index contributed by atoms with van der Waals surface area (Å²) in [6.07, 6.45) is 3.97. The molecule has 118 valence electrons. The minimum Gasteiger partial charge on any atom is -0.395 e. The number of amides is 2. The van der Waals surface area contributed by atoms with Crippen LogP contribution in [0.5, 0.6) is 0 Å². The monoisotopic (exact) mass is 317 g/mol. The van der Waals surface area contributed by atoms with E-state index in [-0.39, 0.29) is 24.5 Å². The number of imide groups is 1. The maximum atomic E-state index is 14.0. The van der Waals surface area contributed by atoms with Crippen LogP contribution in [0.4, 0.5) is 10.1 Å². The summed E-state index contributed by atoms with van der Waals surface area (Å²) >= 11 is 0. The van der Waals surface area contributed by atoms with Crippen LogP contribution in [0.25, 0.3) is 5.69 Å². The van der Waals surface area contributed by atoms with Gasteiger partial charge in [0.25, 0.3) is 11.8 Å². The fourth-order valence-electron chi connectivity index (χ4n) is 2.16. The molecule has 0 unspecified atom stereocenters. The van der Waals surface area contributed by atoms with Gasteiger partial charge in [0.05, 0.1) is 24.5 Å². The van der Waals surface area contributed by atoms with E-state index in [1.54, 1.807) is 4.57 Å². The average molecular weight is 317 g/mol. The smallest absolute Gasteiger partial charge is 0.277 e. The Morgan fingerprint density at radius 3 is 2.65 bits per heavy atom. The molecule has 0 atom stereocenters. The van der Waals surface area contributed by atoms with Crippen molar-refractivity contribution in [1.82, 2.24) is 19.7 Å². The second kappa shape index (κ2) is 5.97. The number of hydrogen-bond acceptors (Lipinski definition) is 6. The molecule has 0 saturated carbocycles. The molecule has 2 amide bonds. The van der Waals surface area contributed by atoms with Gasteiger partial charge in [-0.25, -0.2) is 4.39 Å². The summed E-state index contributed by atoms with van der Waals surface area (Å²) in [5.74, 6) is -1.75. The fraction of sp³-hybridized carbons (Fsp3) is 0.143. The molecule has 1 aromatic heterocycles. The van der Waals surface area contributed by atoms with Gasteiger partial charge in [-0.1, -0.05) is 0 Å². The molecule has 9 heteroatoms. The summed E-state index contributed by atoms with van der Waals surface area (Å²) in [6.45, 7) is -0.446. The maximum Gasteiger partial charge on any atom is 0.277 e. The normalized spacial score (nSPS) is 14.3. The highest BCUT2D eigenvalue weighted by atomic mass is 19.1. The van der Waals surface area contributed by atoms with Crippen molar-refractivity contribution in [3.63, 3.8) is 0 Å². The number of nitrogens with one attached hydrogen (secondary N) is 1. The van der Waals surface area contributed by atoms with E-state index in [1.807, 2.05) is 0 Å². The lowest BCUT2D eigenvalue weighted by Crippen LogP contribution is -2.34. The number of anilines is 1. The van der Waals surface area contributed by atoms with Gasteiger partial charge >= 0.3 is 0 Å². The number of benzene rings is 1. The summed E-state index contributed by atoms with van der Waals surface area (Å²) in [4.78, 5) is 24.6. The van der Waals surface area contributed by atoms with Gasteiger partial charge in [-0.3, -0.25) is 19.1 Å². The minimum atomic E-state index is -0.613. The number of rotatable bonds is 5. The van der Waals surface area contributed by atoms with Gasteiger partial charge in [0.1, 0.15) is 24.2 Å². The minimum absolute atomic E-state index is 0.0365. The van der Waals surface area contributed by atoms with Gasteiger partial charge in [0.15, 0.2) is 0 Å². The molecular weight excluding hydrogens is 305 g/mol. The molecule has 0 aliphatic carbocycles. The van der Waals surface area contributed by atoms with Gasteiger partial charge in [0.2, 0.25) is 0 Å². The Balaban J connectivity index is 1.86. The van der Waals surface area contributed by atoms with E-state index in [0.717, 1.165) is 11.0 Å². The number of nitrogens with zero attached hydrogens (tertiary/aromatic N) is 4. The third-order valence-corrected chi connectivity index (χ3v) is 3.27. The number of aliphatic hydroxyl groups is 1. The highest BCUT2D eigenvalue weighted by Crippen LogP contribution is 2.22. The average Bonchev–Trinajstić information content (AvgIpc) is 3.15. The van der Waals surface area contributed by atoms with E-state index in [0.29, 0.717) is 5.69 Å². The van der Waals surface area contributed by atoms with E-state index in [2.05, 4.69) is 15.5 Å². The van der Waals surface area contributed by atoms with Gasteiger partial charge in [0, 0.05) is 6.08 Å². The zero-order valence-corrected chi connectivity index (χ0v) is 11.8. The van der Waals surface area contributed by atoms with Gasteiger partial charge < -0.3 is 10.4 Å². The van der Waals surface area contributed by atoms with Crippen LogP contribution in [0.1, 0.15) is 0 Å². The van der Waals surface area contributed by atoms with E-state index >= 15 is 0 Å². The lowest BCUT2D eigenvalue weighted by atomic mass is 10.2. The third-order valence-electron chi connectivity index (χ3n) is 3.27. The van der Waals surface area contributed by atoms with Crippen LogP contribution >= 0.6 is 0 Å². The standard InChI is InChI=1S/C14H12FN5O3/c15-10-2-1-9(19-7-16-17-8-19)5-11(10)18-12-6-13(22)20(3-4-21)14(12)23/h1-2,5-8,18,21H,3-4H2. The topological polar surface area (TPSA) is 100 Å². The second-order valence-electron chi connectivity index (χ2n) is 4.73. The number of halogens is 1. The van der Waals surface area contributed by atoms with Gasteiger partial charge in [-0.05, 0) is 18.2 Å². The van der Waals surface area contributed by atoms with E-state index < -0.39 is 17.6 Å². The molecule has 3 rings (SSSR count). The summed E-state index contributed by atoms with van der Waals surface area (Å²) in [5, 5.41) is 18.8. The van der Waals surface area contributed by atoms with Crippen LogP contribution in [0.3, 0.4) is 0 Å². The van der Waals surface area contributed by atoms with Crippen LogP contribution < -0.4 is 5.32 Å². The Labute approximate surface area is 129 Å². The van der Waals surface area contributed by atoms with Crippen LogP contribution in [0, 0.1) is 5.82 Å². The van der Waals surface area contributed by atoms with Crippen molar-refractivity contribution in [2.24, 2.45) is 0 Å². The Morgan fingerprint density at radius 1 is 1.22 bits per heavy atom. The Morgan fingerprint density at radius 2 is 1.96 bits per heavy atom. The number of aliphatic hydroxyl groups excluding tert-OH is 1. The molecule has 0 saturated heterocycles. The molecule has 23 heavy (non-hydrogen) atoms. The van der Waals surface area contributed by atoms with Crippen LogP contribution in [-0.2, 0) is 9.59 Å². The van der Waals surface area contributed by atoms with Crippen LogP contribution in [0.2, 0.25) is 0 Å². The van der Waals surface area contributed by atoms with Gasteiger partial charge in [-0.2, -0.15) is 0 Å².